The SMILES string of the molecule is CC1CN(c2ccc(C#N)c3ncccc23)CC2c3ccc(N4CC5CNCC(C4)O5)cc3CN12. The van der Waals surface area contributed by atoms with Gasteiger partial charge < -0.3 is 19.9 Å². The normalized spacial score (nSPS) is 28.0. The van der Waals surface area contributed by atoms with Crippen LogP contribution in [0.2, 0.25) is 0 Å². The van der Waals surface area contributed by atoms with Gasteiger partial charge in [0.1, 0.15) is 6.07 Å². The predicted octanol–water partition coefficient (Wildman–Crippen LogP) is 3.05. The van der Waals surface area contributed by atoms with E-state index in [2.05, 4.69) is 68.3 Å². The van der Waals surface area contributed by atoms with Crippen molar-refractivity contribution in [2.24, 2.45) is 0 Å². The summed E-state index contributed by atoms with van der Waals surface area (Å²) in [6.45, 7) is 9.07. The van der Waals surface area contributed by atoms with Gasteiger partial charge in [-0.15, -0.1) is 0 Å². The molecule has 4 atom stereocenters. The molecule has 35 heavy (non-hydrogen) atoms. The number of hydrogen-bond acceptors (Lipinski definition) is 7. The van der Waals surface area contributed by atoms with Gasteiger partial charge in [0, 0.05) is 74.8 Å². The maximum absolute atomic E-state index is 9.55. The minimum Gasteiger partial charge on any atom is -0.369 e. The highest BCUT2D eigenvalue weighted by Gasteiger charge is 2.40. The molecule has 2 aromatic carbocycles. The van der Waals surface area contributed by atoms with Gasteiger partial charge in [0.15, 0.2) is 0 Å². The van der Waals surface area contributed by atoms with E-state index >= 15 is 0 Å². The van der Waals surface area contributed by atoms with Crippen molar-refractivity contribution in [2.45, 2.75) is 37.8 Å². The standard InChI is InChI=1S/C28H30N6O/c1-18-13-33(26-7-4-19(10-29)28-25(26)3-2-8-31-28)17-27-24-6-5-21(9-20(24)14-34(18)27)32-15-22-11-30-12-23(16-32)35-22/h2-9,18,22-23,27,30H,11-17H2,1H3. The molecule has 5 heterocycles. The number of aromatic nitrogens is 1. The Balaban J connectivity index is 1.19. The van der Waals surface area contributed by atoms with Crippen LogP contribution in [0.4, 0.5) is 11.4 Å². The number of nitriles is 1. The van der Waals surface area contributed by atoms with Crippen molar-refractivity contribution in [1.82, 2.24) is 15.2 Å². The Morgan fingerprint density at radius 1 is 1.03 bits per heavy atom. The first-order valence-corrected chi connectivity index (χ1v) is 12.7. The van der Waals surface area contributed by atoms with Crippen LogP contribution < -0.4 is 15.1 Å². The van der Waals surface area contributed by atoms with Gasteiger partial charge in [0.25, 0.3) is 0 Å². The number of ether oxygens (including phenoxy) is 1. The fourth-order valence-corrected chi connectivity index (χ4v) is 6.60. The predicted molar refractivity (Wildman–Crippen MR) is 137 cm³/mol. The highest BCUT2D eigenvalue weighted by molar-refractivity contribution is 5.95. The molecule has 0 radical (unpaired) electrons. The van der Waals surface area contributed by atoms with Crippen LogP contribution in [0.1, 0.15) is 29.7 Å². The second-order valence-electron chi connectivity index (χ2n) is 10.4. The van der Waals surface area contributed by atoms with Crippen LogP contribution in [0.3, 0.4) is 0 Å². The second-order valence-corrected chi connectivity index (χ2v) is 10.4. The van der Waals surface area contributed by atoms with E-state index in [1.807, 2.05) is 12.1 Å². The van der Waals surface area contributed by atoms with Gasteiger partial charge in [-0.05, 0) is 54.4 Å². The van der Waals surface area contributed by atoms with Crippen LogP contribution in [0.25, 0.3) is 10.9 Å². The minimum atomic E-state index is 0.285. The largest absolute Gasteiger partial charge is 0.369 e. The molecular weight excluding hydrogens is 436 g/mol. The summed E-state index contributed by atoms with van der Waals surface area (Å²) in [5, 5.41) is 14.1. The summed E-state index contributed by atoms with van der Waals surface area (Å²) in [6.07, 6.45) is 2.34. The van der Waals surface area contributed by atoms with E-state index in [1.54, 1.807) is 6.20 Å². The molecule has 178 valence electrons. The first kappa shape index (κ1) is 21.1. The lowest BCUT2D eigenvalue weighted by molar-refractivity contribution is -0.0483. The fraction of sp³-hybridized carbons (Fsp3) is 0.429. The van der Waals surface area contributed by atoms with Crippen LogP contribution in [0.15, 0.2) is 48.7 Å². The van der Waals surface area contributed by atoms with E-state index in [4.69, 9.17) is 4.74 Å². The Labute approximate surface area is 205 Å². The number of piperazine rings is 1. The summed E-state index contributed by atoms with van der Waals surface area (Å²) in [5.74, 6) is 0. The Hall–Kier alpha value is -3.18. The molecule has 1 aromatic heterocycles. The van der Waals surface area contributed by atoms with Crippen molar-refractivity contribution < 1.29 is 4.74 Å². The fourth-order valence-electron chi connectivity index (χ4n) is 6.60. The van der Waals surface area contributed by atoms with Crippen LogP contribution in [-0.4, -0.2) is 67.4 Å². The number of pyridine rings is 1. The lowest BCUT2D eigenvalue weighted by atomic mass is 9.99. The molecule has 1 N–H and O–H groups in total. The molecule has 0 spiro atoms. The topological polar surface area (TPSA) is 67.7 Å². The maximum atomic E-state index is 9.55. The summed E-state index contributed by atoms with van der Waals surface area (Å²) in [7, 11) is 0. The Morgan fingerprint density at radius 2 is 1.89 bits per heavy atom. The van der Waals surface area contributed by atoms with Crippen LogP contribution in [-0.2, 0) is 11.3 Å². The third kappa shape index (κ3) is 3.48. The number of nitrogens with one attached hydrogen (secondary N) is 1. The van der Waals surface area contributed by atoms with E-state index in [-0.39, 0.29) is 12.2 Å². The quantitative estimate of drug-likeness (QED) is 0.623. The van der Waals surface area contributed by atoms with E-state index in [0.717, 1.165) is 56.7 Å². The number of morpholine rings is 2. The average molecular weight is 467 g/mol. The number of fused-ring (bicyclic) bond motifs is 6. The van der Waals surface area contributed by atoms with E-state index < -0.39 is 0 Å². The number of rotatable bonds is 2. The van der Waals surface area contributed by atoms with Crippen LogP contribution in [0.5, 0.6) is 0 Å². The third-order valence-electron chi connectivity index (χ3n) is 8.23. The Bertz CT molecular complexity index is 1320. The van der Waals surface area contributed by atoms with Gasteiger partial charge in [-0.25, -0.2) is 0 Å². The number of benzene rings is 2. The Kier molecular flexibility index (Phi) is 4.95. The van der Waals surface area contributed by atoms with Gasteiger partial charge in [-0.2, -0.15) is 5.26 Å². The lowest BCUT2D eigenvalue weighted by Crippen LogP contribution is -2.58. The van der Waals surface area contributed by atoms with Crippen molar-refractivity contribution in [2.75, 3.05) is 49.1 Å². The van der Waals surface area contributed by atoms with Crippen molar-refractivity contribution in [3.05, 3.63) is 65.4 Å². The van der Waals surface area contributed by atoms with E-state index in [9.17, 15) is 5.26 Å². The smallest absolute Gasteiger partial charge is 0.101 e. The zero-order valence-corrected chi connectivity index (χ0v) is 20.0. The molecule has 7 rings (SSSR count). The maximum Gasteiger partial charge on any atom is 0.101 e. The van der Waals surface area contributed by atoms with Gasteiger partial charge in [-0.1, -0.05) is 6.07 Å². The van der Waals surface area contributed by atoms with Gasteiger partial charge in [0.2, 0.25) is 0 Å². The molecule has 3 aromatic rings. The van der Waals surface area contributed by atoms with Crippen molar-refractivity contribution in [3.63, 3.8) is 0 Å². The second kappa shape index (κ2) is 8.20. The van der Waals surface area contributed by atoms with Crippen molar-refractivity contribution in [1.29, 1.82) is 5.26 Å². The first-order chi connectivity index (χ1) is 17.2. The molecule has 4 unspecified atom stereocenters. The first-order valence-electron chi connectivity index (χ1n) is 12.7. The molecular formula is C28H30N6O. The van der Waals surface area contributed by atoms with Gasteiger partial charge >= 0.3 is 0 Å². The highest BCUT2D eigenvalue weighted by atomic mass is 16.5. The van der Waals surface area contributed by atoms with E-state index in [1.165, 1.54) is 22.5 Å². The lowest BCUT2D eigenvalue weighted by Gasteiger charge is -2.44. The molecule has 7 heteroatoms. The molecule has 2 bridgehead atoms. The minimum absolute atomic E-state index is 0.285. The number of anilines is 2. The Morgan fingerprint density at radius 3 is 2.71 bits per heavy atom. The van der Waals surface area contributed by atoms with Gasteiger partial charge in [-0.3, -0.25) is 9.88 Å². The highest BCUT2D eigenvalue weighted by Crippen LogP contribution is 2.42. The van der Waals surface area contributed by atoms with E-state index in [0.29, 0.717) is 17.6 Å². The van der Waals surface area contributed by atoms with Crippen LogP contribution in [0, 0.1) is 11.3 Å². The molecule has 0 amide bonds. The number of hydrogen-bond donors (Lipinski definition) is 1. The number of nitrogens with zero attached hydrogens (tertiary/aromatic N) is 5. The summed E-state index contributed by atoms with van der Waals surface area (Å²) in [5.41, 5.74) is 6.86. The molecule has 3 fully saturated rings. The van der Waals surface area contributed by atoms with Crippen molar-refractivity contribution in [3.8, 4) is 6.07 Å². The molecule has 4 aliphatic rings. The monoisotopic (exact) mass is 466 g/mol. The molecule has 4 aliphatic heterocycles. The molecule has 0 saturated carbocycles. The summed E-state index contributed by atoms with van der Waals surface area (Å²) < 4.78 is 6.12. The van der Waals surface area contributed by atoms with Gasteiger partial charge in [0.05, 0.1) is 29.3 Å². The zero-order chi connectivity index (χ0) is 23.5. The summed E-state index contributed by atoms with van der Waals surface area (Å²) >= 11 is 0. The zero-order valence-electron chi connectivity index (χ0n) is 20.0. The third-order valence-corrected chi connectivity index (χ3v) is 8.23. The van der Waals surface area contributed by atoms with Crippen LogP contribution >= 0.6 is 0 Å². The molecule has 3 saturated heterocycles. The molecule has 0 aliphatic carbocycles. The molecule has 7 nitrogen and oxygen atoms in total. The van der Waals surface area contributed by atoms with Crippen molar-refractivity contribution >= 4 is 22.3 Å². The summed E-state index contributed by atoms with van der Waals surface area (Å²) in [6, 6.07) is 18.3. The average Bonchev–Trinajstić information content (AvgIpc) is 3.26. The summed E-state index contributed by atoms with van der Waals surface area (Å²) in [4.78, 5) is 12.2.